The number of amides is 3. The molecule has 1 aliphatic heterocycles. The molecule has 0 unspecified atom stereocenters. The number of carbonyl (C=O) groups is 3. The molecule has 2 rings (SSSR count). The Morgan fingerprint density at radius 1 is 1.25 bits per heavy atom. The second kappa shape index (κ2) is 5.62. The van der Waals surface area contributed by atoms with E-state index in [0.717, 1.165) is 23.2 Å². The van der Waals surface area contributed by atoms with Crippen LogP contribution in [0.3, 0.4) is 0 Å². The Morgan fingerprint density at radius 2 is 1.90 bits per heavy atom. The largest absolute Gasteiger partial charge is 0.317 e. The van der Waals surface area contributed by atoms with E-state index in [0.29, 0.717) is 6.54 Å². The molecule has 0 saturated heterocycles. The maximum atomic E-state index is 12.7. The van der Waals surface area contributed by atoms with Crippen LogP contribution in [0, 0.1) is 5.82 Å². The summed E-state index contributed by atoms with van der Waals surface area (Å²) in [6.45, 7) is 2.13. The van der Waals surface area contributed by atoms with Gasteiger partial charge in [0.2, 0.25) is 0 Å². The molecule has 3 amide bonds. The highest BCUT2D eigenvalue weighted by Crippen LogP contribution is 2.09. The lowest BCUT2D eigenvalue weighted by Gasteiger charge is -2.14. The molecule has 1 heterocycles. The molecule has 0 aliphatic carbocycles. The molecule has 1 aromatic rings. The molecule has 0 saturated carbocycles. The van der Waals surface area contributed by atoms with Crippen molar-refractivity contribution in [2.24, 2.45) is 0 Å². The predicted octanol–water partition coefficient (Wildman–Crippen LogP) is 0.333. The number of imide groups is 1. The first-order chi connectivity index (χ1) is 9.52. The average molecular weight is 277 g/mol. The van der Waals surface area contributed by atoms with Crippen molar-refractivity contribution in [1.29, 1.82) is 0 Å². The number of benzene rings is 1. The first kappa shape index (κ1) is 13.9. The zero-order chi connectivity index (χ0) is 14.7. The van der Waals surface area contributed by atoms with Crippen molar-refractivity contribution in [3.8, 4) is 0 Å². The van der Waals surface area contributed by atoms with E-state index in [1.807, 2.05) is 0 Å². The Bertz CT molecular complexity index is 595. The second-order valence-corrected chi connectivity index (χ2v) is 4.01. The van der Waals surface area contributed by atoms with Crippen LogP contribution in [0.4, 0.5) is 4.39 Å². The molecule has 7 heteroatoms. The van der Waals surface area contributed by atoms with E-state index in [2.05, 4.69) is 10.7 Å². The van der Waals surface area contributed by atoms with Crippen molar-refractivity contribution in [2.75, 3.05) is 6.54 Å². The number of nitrogens with zero attached hydrogens (tertiary/aromatic N) is 1. The summed E-state index contributed by atoms with van der Waals surface area (Å²) in [5.41, 5.74) is 2.64. The van der Waals surface area contributed by atoms with Gasteiger partial charge in [0.15, 0.2) is 0 Å². The molecule has 0 radical (unpaired) electrons. The van der Waals surface area contributed by atoms with E-state index in [4.69, 9.17) is 0 Å². The summed E-state index contributed by atoms with van der Waals surface area (Å²) in [6.07, 6.45) is 1.03. The van der Waals surface area contributed by atoms with Crippen LogP contribution in [0.5, 0.6) is 0 Å². The van der Waals surface area contributed by atoms with Gasteiger partial charge < -0.3 is 5.32 Å². The van der Waals surface area contributed by atoms with Gasteiger partial charge in [0.1, 0.15) is 11.5 Å². The van der Waals surface area contributed by atoms with Crippen molar-refractivity contribution in [1.82, 2.24) is 15.8 Å². The van der Waals surface area contributed by atoms with Crippen molar-refractivity contribution in [2.45, 2.75) is 6.92 Å². The fraction of sp³-hybridized carbons (Fsp3) is 0.154. The third-order valence-corrected chi connectivity index (χ3v) is 2.59. The van der Waals surface area contributed by atoms with Gasteiger partial charge in [-0.15, -0.1) is 0 Å². The Hall–Kier alpha value is -2.54. The standard InChI is InChI=1S/C13H12FN3O3/c1-2-15-17-11(18)7-10(13(17)20)16-12(19)8-3-5-9(14)6-4-8/h3-7,15H,2H2,1H3,(H,16,19). The van der Waals surface area contributed by atoms with Crippen molar-refractivity contribution >= 4 is 17.7 Å². The highest BCUT2D eigenvalue weighted by atomic mass is 19.1. The Labute approximate surface area is 114 Å². The summed E-state index contributed by atoms with van der Waals surface area (Å²) in [6, 6.07) is 4.84. The van der Waals surface area contributed by atoms with Gasteiger partial charge in [-0.1, -0.05) is 6.92 Å². The Morgan fingerprint density at radius 3 is 2.50 bits per heavy atom. The lowest BCUT2D eigenvalue weighted by Crippen LogP contribution is -2.44. The van der Waals surface area contributed by atoms with Crippen LogP contribution in [0.15, 0.2) is 36.0 Å². The van der Waals surface area contributed by atoms with Gasteiger partial charge >= 0.3 is 0 Å². The molecule has 0 atom stereocenters. The first-order valence-electron chi connectivity index (χ1n) is 5.93. The fourth-order valence-corrected chi connectivity index (χ4v) is 1.66. The summed E-state index contributed by atoms with van der Waals surface area (Å²) in [4.78, 5) is 35.2. The SMILES string of the molecule is CCNN1C(=O)C=C(NC(=O)c2ccc(F)cc2)C1=O. The molecular formula is C13H12FN3O3. The van der Waals surface area contributed by atoms with Gasteiger partial charge in [0, 0.05) is 18.2 Å². The number of carbonyl (C=O) groups excluding carboxylic acids is 3. The van der Waals surface area contributed by atoms with E-state index in [9.17, 15) is 18.8 Å². The number of rotatable bonds is 4. The minimum absolute atomic E-state index is 0.120. The molecule has 6 nitrogen and oxygen atoms in total. The average Bonchev–Trinajstić information content (AvgIpc) is 2.67. The molecule has 0 spiro atoms. The maximum Gasteiger partial charge on any atom is 0.292 e. The van der Waals surface area contributed by atoms with Gasteiger partial charge in [-0.25, -0.2) is 14.8 Å². The minimum Gasteiger partial charge on any atom is -0.317 e. The molecule has 1 aliphatic rings. The molecule has 20 heavy (non-hydrogen) atoms. The normalized spacial score (nSPS) is 14.5. The lowest BCUT2D eigenvalue weighted by molar-refractivity contribution is -0.140. The van der Waals surface area contributed by atoms with E-state index < -0.39 is 23.5 Å². The number of hydrogen-bond donors (Lipinski definition) is 2. The van der Waals surface area contributed by atoms with Crippen molar-refractivity contribution in [3.63, 3.8) is 0 Å². The minimum atomic E-state index is -0.632. The van der Waals surface area contributed by atoms with Crippen molar-refractivity contribution in [3.05, 3.63) is 47.4 Å². The summed E-state index contributed by atoms with van der Waals surface area (Å²) in [5, 5.41) is 3.15. The number of nitrogens with one attached hydrogen (secondary N) is 2. The van der Waals surface area contributed by atoms with E-state index in [1.165, 1.54) is 12.1 Å². The highest BCUT2D eigenvalue weighted by Gasteiger charge is 2.31. The third kappa shape index (κ3) is 2.72. The van der Waals surface area contributed by atoms with Crippen LogP contribution in [0.25, 0.3) is 0 Å². The molecule has 2 N–H and O–H groups in total. The summed E-state index contributed by atoms with van der Waals surface area (Å²) >= 11 is 0. The topological polar surface area (TPSA) is 78.5 Å². The number of hydrogen-bond acceptors (Lipinski definition) is 4. The van der Waals surface area contributed by atoms with Crippen LogP contribution in [0.2, 0.25) is 0 Å². The van der Waals surface area contributed by atoms with Crippen LogP contribution < -0.4 is 10.7 Å². The quantitative estimate of drug-likeness (QED) is 0.778. The van der Waals surface area contributed by atoms with Gasteiger partial charge in [-0.3, -0.25) is 14.4 Å². The monoisotopic (exact) mass is 277 g/mol. The highest BCUT2D eigenvalue weighted by molar-refractivity contribution is 6.17. The Balaban J connectivity index is 2.09. The smallest absolute Gasteiger partial charge is 0.292 e. The zero-order valence-electron chi connectivity index (χ0n) is 10.6. The van der Waals surface area contributed by atoms with Crippen LogP contribution in [0.1, 0.15) is 17.3 Å². The zero-order valence-corrected chi connectivity index (χ0v) is 10.6. The van der Waals surface area contributed by atoms with Gasteiger partial charge in [-0.05, 0) is 24.3 Å². The molecule has 1 aromatic carbocycles. The van der Waals surface area contributed by atoms with Crippen LogP contribution in [-0.2, 0) is 9.59 Å². The number of halogens is 1. The van der Waals surface area contributed by atoms with Crippen molar-refractivity contribution < 1.29 is 18.8 Å². The third-order valence-electron chi connectivity index (χ3n) is 2.59. The predicted molar refractivity (Wildman–Crippen MR) is 67.5 cm³/mol. The second-order valence-electron chi connectivity index (χ2n) is 4.01. The lowest BCUT2D eigenvalue weighted by atomic mass is 10.2. The summed E-state index contributed by atoms with van der Waals surface area (Å²) in [5.74, 6) is -2.24. The summed E-state index contributed by atoms with van der Waals surface area (Å²) in [7, 11) is 0. The molecule has 0 bridgehead atoms. The molecule has 0 fully saturated rings. The molecular weight excluding hydrogens is 265 g/mol. The Kier molecular flexibility index (Phi) is 3.90. The fourth-order valence-electron chi connectivity index (χ4n) is 1.66. The van der Waals surface area contributed by atoms with Gasteiger partial charge in [0.05, 0.1) is 0 Å². The van der Waals surface area contributed by atoms with Crippen LogP contribution >= 0.6 is 0 Å². The van der Waals surface area contributed by atoms with E-state index >= 15 is 0 Å². The maximum absolute atomic E-state index is 12.7. The van der Waals surface area contributed by atoms with E-state index in [1.54, 1.807) is 6.92 Å². The first-order valence-corrected chi connectivity index (χ1v) is 5.93. The number of hydrazine groups is 1. The molecule has 104 valence electrons. The van der Waals surface area contributed by atoms with Gasteiger partial charge in [-0.2, -0.15) is 0 Å². The van der Waals surface area contributed by atoms with Gasteiger partial charge in [0.25, 0.3) is 17.7 Å². The summed E-state index contributed by atoms with van der Waals surface area (Å²) < 4.78 is 12.7. The molecule has 0 aromatic heterocycles. The van der Waals surface area contributed by atoms with Crippen LogP contribution in [-0.4, -0.2) is 29.3 Å². The van der Waals surface area contributed by atoms with E-state index in [-0.39, 0.29) is 11.3 Å².